The van der Waals surface area contributed by atoms with Crippen molar-refractivity contribution >= 4 is 17.2 Å². The summed E-state index contributed by atoms with van der Waals surface area (Å²) in [6.07, 6.45) is -0.213. The molecule has 0 aliphatic carbocycles. The molecule has 0 spiro atoms. The fourth-order valence-electron chi connectivity index (χ4n) is 2.98. The van der Waals surface area contributed by atoms with Crippen LogP contribution in [0.4, 0.5) is 0 Å². The van der Waals surface area contributed by atoms with Crippen LogP contribution >= 0.6 is 11.3 Å². The van der Waals surface area contributed by atoms with Crippen LogP contribution in [0.3, 0.4) is 0 Å². The van der Waals surface area contributed by atoms with Crippen LogP contribution in [0.1, 0.15) is 35.4 Å². The van der Waals surface area contributed by atoms with Gasteiger partial charge in [0.05, 0.1) is 18.9 Å². The first kappa shape index (κ1) is 18.8. The van der Waals surface area contributed by atoms with E-state index in [0.29, 0.717) is 35.2 Å². The van der Waals surface area contributed by atoms with Gasteiger partial charge >= 0.3 is 0 Å². The average molecular weight is 376 g/mol. The number of aromatic nitrogens is 1. The van der Waals surface area contributed by atoms with Crippen molar-refractivity contribution < 1.29 is 14.9 Å². The Morgan fingerprint density at radius 3 is 2.88 bits per heavy atom. The Morgan fingerprint density at radius 1 is 1.46 bits per heavy atom. The number of thiazole rings is 1. The molecule has 140 valence electrons. The highest BCUT2D eigenvalue weighted by molar-refractivity contribution is 7.14. The van der Waals surface area contributed by atoms with E-state index in [0.717, 1.165) is 16.1 Å². The molecule has 0 saturated carbocycles. The Bertz CT molecular complexity index is 806. The zero-order valence-corrected chi connectivity index (χ0v) is 15.9. The maximum atomic E-state index is 9.85. The van der Waals surface area contributed by atoms with Gasteiger partial charge in [0.1, 0.15) is 11.9 Å². The highest BCUT2D eigenvalue weighted by Crippen LogP contribution is 2.39. The summed E-state index contributed by atoms with van der Waals surface area (Å²) in [5.74, 6) is 0.988. The normalized spacial score (nSPS) is 14.2. The second kappa shape index (κ2) is 7.71. The summed E-state index contributed by atoms with van der Waals surface area (Å²) in [6, 6.07) is 5.52. The van der Waals surface area contributed by atoms with E-state index in [1.807, 2.05) is 19.9 Å². The number of hydrogen-bond acceptors (Lipinski definition) is 7. The van der Waals surface area contributed by atoms with Crippen molar-refractivity contribution in [2.75, 3.05) is 20.3 Å². The van der Waals surface area contributed by atoms with Gasteiger partial charge in [-0.2, -0.15) is 0 Å². The van der Waals surface area contributed by atoms with Crippen molar-refractivity contribution in [3.05, 3.63) is 33.6 Å². The highest BCUT2D eigenvalue weighted by Gasteiger charge is 2.25. The van der Waals surface area contributed by atoms with Gasteiger partial charge in [-0.05, 0) is 31.5 Å². The van der Waals surface area contributed by atoms with E-state index in [4.69, 9.17) is 20.2 Å². The van der Waals surface area contributed by atoms with Crippen LogP contribution < -0.4 is 10.2 Å². The fraction of sp³-hybridized carbons (Fsp3) is 0.444. The van der Waals surface area contributed by atoms with Crippen LogP contribution in [0.5, 0.6) is 5.75 Å². The van der Waals surface area contributed by atoms with Crippen molar-refractivity contribution in [3.8, 4) is 17.0 Å². The number of rotatable bonds is 5. The topological polar surface area (TPSA) is 102 Å². The molecule has 1 atom stereocenters. The summed E-state index contributed by atoms with van der Waals surface area (Å²) in [5, 5.41) is 29.9. The molecule has 0 amide bonds. The van der Waals surface area contributed by atoms with Gasteiger partial charge in [0, 0.05) is 30.0 Å². The van der Waals surface area contributed by atoms with Gasteiger partial charge in [-0.3, -0.25) is 10.4 Å². The fourth-order valence-corrected chi connectivity index (χ4v) is 3.99. The quantitative estimate of drug-likeness (QED) is 0.361. The number of nitrogens with zero attached hydrogens (tertiary/aromatic N) is 2. The van der Waals surface area contributed by atoms with Gasteiger partial charge in [0.25, 0.3) is 0 Å². The number of amidine groups is 1. The van der Waals surface area contributed by atoms with E-state index in [-0.39, 0.29) is 12.6 Å². The third-order valence-corrected chi connectivity index (χ3v) is 5.43. The lowest BCUT2D eigenvalue weighted by atomic mass is 10.0. The first-order valence-corrected chi connectivity index (χ1v) is 9.39. The van der Waals surface area contributed by atoms with Crippen LogP contribution in [0.2, 0.25) is 0 Å². The number of aliphatic hydroxyl groups is 2. The molecule has 4 N–H and O–H groups in total. The summed E-state index contributed by atoms with van der Waals surface area (Å²) >= 11 is 1.51. The third-order valence-electron chi connectivity index (χ3n) is 4.30. The van der Waals surface area contributed by atoms with Crippen molar-refractivity contribution in [2.24, 2.45) is 0 Å². The van der Waals surface area contributed by atoms with E-state index in [2.05, 4.69) is 5.43 Å². The third kappa shape index (κ3) is 3.45. The monoisotopic (exact) mass is 376 g/mol. The number of benzene rings is 1. The van der Waals surface area contributed by atoms with Gasteiger partial charge in [0.15, 0.2) is 10.8 Å². The summed E-state index contributed by atoms with van der Waals surface area (Å²) in [7, 11) is 1.80. The molecule has 1 aromatic carbocycles. The smallest absolute Gasteiger partial charge is 0.172 e. The van der Waals surface area contributed by atoms with Gasteiger partial charge in [-0.25, -0.2) is 10.4 Å². The number of nitrogens with one attached hydrogen (secondary N) is 2. The Labute approximate surface area is 156 Å². The largest absolute Gasteiger partial charge is 0.492 e. The lowest BCUT2D eigenvalue weighted by Crippen LogP contribution is -2.45. The number of hydrazine groups is 1. The maximum Gasteiger partial charge on any atom is 0.172 e. The molecule has 26 heavy (non-hydrogen) atoms. The summed E-state index contributed by atoms with van der Waals surface area (Å²) in [4.78, 5) is 5.80. The molecule has 0 bridgehead atoms. The summed E-state index contributed by atoms with van der Waals surface area (Å²) in [6.45, 7) is 4.20. The minimum atomic E-state index is -0.930. The van der Waals surface area contributed by atoms with Crippen molar-refractivity contribution in [3.63, 3.8) is 0 Å². The van der Waals surface area contributed by atoms with E-state index >= 15 is 0 Å². The Balaban J connectivity index is 2.00. The van der Waals surface area contributed by atoms with Crippen LogP contribution in [0.15, 0.2) is 18.2 Å². The molecule has 0 radical (unpaired) electrons. The highest BCUT2D eigenvalue weighted by atomic mass is 32.1. The molecule has 7 nitrogen and oxygen atoms in total. The minimum Gasteiger partial charge on any atom is -0.492 e. The van der Waals surface area contributed by atoms with E-state index < -0.39 is 6.10 Å². The van der Waals surface area contributed by atoms with Gasteiger partial charge < -0.3 is 14.9 Å². The second-order valence-electron chi connectivity index (χ2n) is 6.38. The van der Waals surface area contributed by atoms with Crippen LogP contribution in [-0.2, 0) is 6.42 Å². The number of aliphatic hydroxyl groups excluding tert-OH is 2. The Hall–Kier alpha value is -2.00. The molecule has 2 heterocycles. The molecule has 0 saturated heterocycles. The average Bonchev–Trinajstić information content (AvgIpc) is 2.97. The molecule has 1 unspecified atom stereocenters. The molecule has 1 aliphatic heterocycles. The maximum absolute atomic E-state index is 9.85. The van der Waals surface area contributed by atoms with Crippen molar-refractivity contribution in [1.82, 2.24) is 15.4 Å². The number of hydrogen-bond donors (Lipinski definition) is 4. The number of fused-ring (bicyclic) bond motifs is 3. The first-order valence-electron chi connectivity index (χ1n) is 8.57. The predicted molar refractivity (Wildman–Crippen MR) is 102 cm³/mol. The summed E-state index contributed by atoms with van der Waals surface area (Å²) in [5.41, 5.74) is 5.32. The van der Waals surface area contributed by atoms with E-state index in [9.17, 15) is 5.11 Å². The van der Waals surface area contributed by atoms with Gasteiger partial charge in [-0.15, -0.1) is 11.3 Å². The Morgan fingerprint density at radius 2 is 2.23 bits per heavy atom. The van der Waals surface area contributed by atoms with Gasteiger partial charge in [-0.1, -0.05) is 6.07 Å². The zero-order chi connectivity index (χ0) is 18.8. The standard InChI is InChI=1S/C18H24N4O3S/c1-10(2)22(20-3)17(19)18-21-16-12-5-4-11(13(24)9-23)8-14(12)25-7-6-15(16)26-18/h4-5,8,10,13,19-20,23-24H,6-7,9H2,1-3H3. The van der Waals surface area contributed by atoms with Crippen LogP contribution in [-0.4, -0.2) is 52.3 Å². The first-order chi connectivity index (χ1) is 12.5. The predicted octanol–water partition coefficient (Wildman–Crippen LogP) is 1.94. The van der Waals surface area contributed by atoms with Crippen molar-refractivity contribution in [2.45, 2.75) is 32.4 Å². The molecule has 1 aromatic heterocycles. The van der Waals surface area contributed by atoms with Crippen LogP contribution in [0.25, 0.3) is 11.3 Å². The van der Waals surface area contributed by atoms with E-state index in [1.165, 1.54) is 11.3 Å². The minimum absolute atomic E-state index is 0.134. The molecule has 8 heteroatoms. The lowest BCUT2D eigenvalue weighted by Gasteiger charge is -2.26. The molecule has 0 fully saturated rings. The lowest BCUT2D eigenvalue weighted by molar-refractivity contribution is 0.0954. The molecule has 2 aromatic rings. The molecular weight excluding hydrogens is 352 g/mol. The number of ether oxygens (including phenoxy) is 1. The SMILES string of the molecule is CNN(C(=N)c1nc2c(s1)CCOc1cc(C(O)CO)ccc1-2)C(C)C. The second-order valence-corrected chi connectivity index (χ2v) is 7.46. The Kier molecular flexibility index (Phi) is 5.57. The van der Waals surface area contributed by atoms with Gasteiger partial charge in [0.2, 0.25) is 0 Å². The van der Waals surface area contributed by atoms with Crippen molar-refractivity contribution in [1.29, 1.82) is 5.41 Å². The molecule has 1 aliphatic rings. The molecule has 3 rings (SSSR count). The molecular formula is C18H24N4O3S. The zero-order valence-electron chi connectivity index (χ0n) is 15.1. The van der Waals surface area contributed by atoms with Crippen LogP contribution in [0, 0.1) is 5.41 Å². The summed E-state index contributed by atoms with van der Waals surface area (Å²) < 4.78 is 5.83. The van der Waals surface area contributed by atoms with E-state index in [1.54, 1.807) is 24.2 Å².